The number of nitriles is 1. The number of benzene rings is 9. The molecule has 0 radical (unpaired) electrons. The number of hydrogen-bond acceptors (Lipinski definition) is 4. The Labute approximate surface area is 369 Å². The molecule has 12 rings (SSSR count). The van der Waals surface area contributed by atoms with Gasteiger partial charge in [-0.3, -0.25) is 0 Å². The zero-order valence-corrected chi connectivity index (χ0v) is 34.5. The molecule has 12 aromatic rings. The molecule has 3 heterocycles. The molecule has 0 unspecified atom stereocenters. The average Bonchev–Trinajstić information content (AvgIpc) is 3.90. The quantitative estimate of drug-likeness (QED) is 0.161. The van der Waals surface area contributed by atoms with E-state index in [9.17, 15) is 5.26 Å². The van der Waals surface area contributed by atoms with Crippen LogP contribution in [0.15, 0.2) is 218 Å². The van der Waals surface area contributed by atoms with E-state index in [1.807, 2.05) is 84.9 Å². The summed E-state index contributed by atoms with van der Waals surface area (Å²) in [4.78, 5) is 15.4. The summed E-state index contributed by atoms with van der Waals surface area (Å²) in [6.07, 6.45) is 0. The molecule has 298 valence electrons. The minimum atomic E-state index is 0.480. The molecule has 0 atom stereocenters. The van der Waals surface area contributed by atoms with E-state index in [1.54, 1.807) is 0 Å². The van der Waals surface area contributed by atoms with Crippen molar-refractivity contribution in [3.8, 4) is 73.9 Å². The predicted molar refractivity (Wildman–Crippen MR) is 260 cm³/mol. The summed E-state index contributed by atoms with van der Waals surface area (Å²) in [7, 11) is 0. The zero-order chi connectivity index (χ0) is 42.6. The Morgan fingerprint density at radius 1 is 0.344 bits per heavy atom. The maximum atomic E-state index is 11.1. The van der Waals surface area contributed by atoms with E-state index < -0.39 is 0 Å². The molecule has 3 aromatic heterocycles. The molecule has 0 saturated carbocycles. The second-order valence-electron chi connectivity index (χ2n) is 15.9. The van der Waals surface area contributed by atoms with E-state index in [4.69, 9.17) is 15.0 Å². The smallest absolute Gasteiger partial charge is 0.164 e. The zero-order valence-electron chi connectivity index (χ0n) is 34.5. The van der Waals surface area contributed by atoms with Crippen LogP contribution in [0, 0.1) is 11.3 Å². The third kappa shape index (κ3) is 6.14. The molecular formula is C58H36N6. The average molecular weight is 817 g/mol. The molecule has 0 fully saturated rings. The second kappa shape index (κ2) is 15.2. The Bertz CT molecular complexity index is 3690. The fourth-order valence-corrected chi connectivity index (χ4v) is 9.27. The normalized spacial score (nSPS) is 11.4. The number of para-hydroxylation sites is 3. The van der Waals surface area contributed by atoms with Gasteiger partial charge in [0, 0.05) is 43.9 Å². The molecule has 6 nitrogen and oxygen atoms in total. The molecule has 0 amide bonds. The lowest BCUT2D eigenvalue weighted by Crippen LogP contribution is -2.02. The van der Waals surface area contributed by atoms with Crippen molar-refractivity contribution in [1.29, 1.82) is 5.26 Å². The topological polar surface area (TPSA) is 72.3 Å². The monoisotopic (exact) mass is 816 g/mol. The van der Waals surface area contributed by atoms with Crippen molar-refractivity contribution >= 4 is 43.6 Å². The third-order valence-corrected chi connectivity index (χ3v) is 12.2. The van der Waals surface area contributed by atoms with E-state index in [2.05, 4.69) is 149 Å². The van der Waals surface area contributed by atoms with Gasteiger partial charge in [-0.2, -0.15) is 5.26 Å². The van der Waals surface area contributed by atoms with Gasteiger partial charge in [-0.15, -0.1) is 0 Å². The van der Waals surface area contributed by atoms with Crippen molar-refractivity contribution in [3.05, 3.63) is 224 Å². The van der Waals surface area contributed by atoms with Crippen molar-refractivity contribution in [1.82, 2.24) is 24.1 Å². The Kier molecular flexibility index (Phi) is 8.77. The fraction of sp³-hybridized carbons (Fsp3) is 0. The lowest BCUT2D eigenvalue weighted by molar-refractivity contribution is 1.07. The summed E-state index contributed by atoms with van der Waals surface area (Å²) in [6.45, 7) is 0. The number of hydrogen-bond donors (Lipinski definition) is 0. The molecule has 9 aromatic carbocycles. The molecule has 0 aliphatic heterocycles. The molecular weight excluding hydrogens is 781 g/mol. The first-order chi connectivity index (χ1) is 31.7. The lowest BCUT2D eigenvalue weighted by atomic mass is 10.0. The fourth-order valence-electron chi connectivity index (χ4n) is 9.27. The van der Waals surface area contributed by atoms with Gasteiger partial charge in [-0.25, -0.2) is 15.0 Å². The van der Waals surface area contributed by atoms with Crippen LogP contribution in [0.5, 0.6) is 0 Å². The first-order valence-electron chi connectivity index (χ1n) is 21.3. The molecule has 64 heavy (non-hydrogen) atoms. The standard InChI is InChI=1S/C58H36N6/c59-37-45-36-44(58-61-56(42-22-14-20-40(34-42)38-16-4-1-5-17-38)60-57(62-58)43-23-15-21-41(35-43)39-18-6-2-7-19-39)30-32-50(45)64-51-28-12-10-26-47(51)48-31-33-53-54(55(48)64)49-27-11-13-29-52(49)63(53)46-24-8-3-9-25-46/h1-36H. The maximum Gasteiger partial charge on any atom is 0.164 e. The van der Waals surface area contributed by atoms with Crippen LogP contribution in [0.25, 0.3) is 111 Å². The maximum absolute atomic E-state index is 11.1. The molecule has 0 bridgehead atoms. The van der Waals surface area contributed by atoms with Crippen molar-refractivity contribution in [3.63, 3.8) is 0 Å². The summed E-state index contributed by atoms with van der Waals surface area (Å²) in [5, 5.41) is 15.6. The van der Waals surface area contributed by atoms with Crippen LogP contribution in [0.2, 0.25) is 0 Å². The van der Waals surface area contributed by atoms with Crippen molar-refractivity contribution < 1.29 is 0 Å². The van der Waals surface area contributed by atoms with E-state index in [0.29, 0.717) is 23.0 Å². The van der Waals surface area contributed by atoms with Gasteiger partial charge in [0.1, 0.15) is 6.07 Å². The summed E-state index contributed by atoms with van der Waals surface area (Å²) >= 11 is 0. The minimum absolute atomic E-state index is 0.480. The summed E-state index contributed by atoms with van der Waals surface area (Å²) in [5.41, 5.74) is 13.5. The molecule has 0 saturated heterocycles. The van der Waals surface area contributed by atoms with Crippen LogP contribution in [0.3, 0.4) is 0 Å². The van der Waals surface area contributed by atoms with Gasteiger partial charge in [0.15, 0.2) is 17.5 Å². The highest BCUT2D eigenvalue weighted by molar-refractivity contribution is 6.26. The molecule has 0 aliphatic rings. The van der Waals surface area contributed by atoms with Gasteiger partial charge < -0.3 is 9.13 Å². The van der Waals surface area contributed by atoms with Crippen molar-refractivity contribution in [2.24, 2.45) is 0 Å². The van der Waals surface area contributed by atoms with Crippen molar-refractivity contribution in [2.45, 2.75) is 0 Å². The van der Waals surface area contributed by atoms with Crippen LogP contribution in [0.4, 0.5) is 0 Å². The first kappa shape index (κ1) is 36.9. The highest BCUT2D eigenvalue weighted by Gasteiger charge is 2.23. The SMILES string of the molecule is N#Cc1cc(-c2nc(-c3cccc(-c4ccccc4)c3)nc(-c3cccc(-c4ccccc4)c3)n2)ccc1-n1c2ccccc2c2ccc3c(c4ccccc4n3-c3ccccc3)c21. The largest absolute Gasteiger partial charge is 0.309 e. The Morgan fingerprint density at radius 3 is 1.42 bits per heavy atom. The molecule has 0 N–H and O–H groups in total. The number of fused-ring (bicyclic) bond motifs is 7. The first-order valence-corrected chi connectivity index (χ1v) is 21.3. The molecule has 0 spiro atoms. The predicted octanol–water partition coefficient (Wildman–Crippen LogP) is 14.3. The summed E-state index contributed by atoms with van der Waals surface area (Å²) in [6, 6.07) is 77.8. The Hall–Kier alpha value is -8.92. The van der Waals surface area contributed by atoms with Gasteiger partial charge in [0.25, 0.3) is 0 Å². The second-order valence-corrected chi connectivity index (χ2v) is 15.9. The van der Waals surface area contributed by atoms with E-state index in [-0.39, 0.29) is 0 Å². The minimum Gasteiger partial charge on any atom is -0.309 e. The summed E-state index contributed by atoms with van der Waals surface area (Å²) < 4.78 is 4.60. The van der Waals surface area contributed by atoms with Gasteiger partial charge in [-0.1, -0.05) is 158 Å². The third-order valence-electron chi connectivity index (χ3n) is 12.2. The van der Waals surface area contributed by atoms with E-state index in [1.165, 1.54) is 0 Å². The van der Waals surface area contributed by atoms with Gasteiger partial charge in [0.05, 0.1) is 33.3 Å². The van der Waals surface area contributed by atoms with Gasteiger partial charge >= 0.3 is 0 Å². The molecule has 0 aliphatic carbocycles. The van der Waals surface area contributed by atoms with Gasteiger partial charge in [0.2, 0.25) is 0 Å². The highest BCUT2D eigenvalue weighted by atomic mass is 15.0. The summed E-state index contributed by atoms with van der Waals surface area (Å²) in [5.74, 6) is 1.57. The van der Waals surface area contributed by atoms with E-state index >= 15 is 0 Å². The van der Waals surface area contributed by atoms with E-state index in [0.717, 1.165) is 93.9 Å². The number of nitrogens with zero attached hydrogens (tertiary/aromatic N) is 6. The Balaban J connectivity index is 1.07. The van der Waals surface area contributed by atoms with Crippen LogP contribution in [0.1, 0.15) is 5.56 Å². The highest BCUT2D eigenvalue weighted by Crippen LogP contribution is 2.43. The number of rotatable bonds is 7. The number of aromatic nitrogens is 5. The lowest BCUT2D eigenvalue weighted by Gasteiger charge is -2.14. The van der Waals surface area contributed by atoms with Crippen LogP contribution in [-0.4, -0.2) is 24.1 Å². The Morgan fingerprint density at radius 2 is 0.828 bits per heavy atom. The van der Waals surface area contributed by atoms with Crippen molar-refractivity contribution in [2.75, 3.05) is 0 Å². The van der Waals surface area contributed by atoms with Crippen LogP contribution >= 0.6 is 0 Å². The van der Waals surface area contributed by atoms with Crippen LogP contribution in [-0.2, 0) is 0 Å². The van der Waals surface area contributed by atoms with Crippen LogP contribution < -0.4 is 0 Å². The van der Waals surface area contributed by atoms with Gasteiger partial charge in [-0.05, 0) is 82.9 Å². The molecule has 6 heteroatoms.